The van der Waals surface area contributed by atoms with Crippen LogP contribution in [0.2, 0.25) is 0 Å². The van der Waals surface area contributed by atoms with Crippen LogP contribution in [-0.4, -0.2) is 41.9 Å². The van der Waals surface area contributed by atoms with E-state index in [4.69, 9.17) is 4.74 Å². The summed E-state index contributed by atoms with van der Waals surface area (Å²) in [7, 11) is 1.18. The second kappa shape index (κ2) is 9.08. The number of hydrogen-bond acceptors (Lipinski definition) is 4. The fourth-order valence-electron chi connectivity index (χ4n) is 5.07. The predicted molar refractivity (Wildman–Crippen MR) is 121 cm³/mol. The first kappa shape index (κ1) is 23.1. The number of aromatic nitrogens is 1. The minimum atomic E-state index is -0.897. The van der Waals surface area contributed by atoms with Gasteiger partial charge in [-0.3, -0.25) is 9.59 Å². The molecule has 0 spiro atoms. The smallest absolute Gasteiger partial charge is 0.254 e. The molecular weight excluding hydrogens is 428 g/mol. The summed E-state index contributed by atoms with van der Waals surface area (Å²) in [6.45, 7) is 5.01. The SMILES string of the molecule is CCCCC1(C)C(=O)Nc2nccc(C3CCN(C(=O)c4cc(F)c(OC)c(F)c4)CC3)c21. The van der Waals surface area contributed by atoms with Crippen molar-refractivity contribution in [1.82, 2.24) is 9.88 Å². The first-order valence-corrected chi connectivity index (χ1v) is 11.4. The largest absolute Gasteiger partial charge is 0.491 e. The molecule has 6 nitrogen and oxygen atoms in total. The molecule has 0 aliphatic carbocycles. The lowest BCUT2D eigenvalue weighted by Gasteiger charge is -2.34. The molecule has 1 saturated heterocycles. The van der Waals surface area contributed by atoms with Crippen molar-refractivity contribution in [1.29, 1.82) is 0 Å². The number of carbonyl (C=O) groups excluding carboxylic acids is 2. The minimum absolute atomic E-state index is 0.0120. The van der Waals surface area contributed by atoms with E-state index in [0.717, 1.165) is 42.5 Å². The second-order valence-corrected chi connectivity index (χ2v) is 9.05. The van der Waals surface area contributed by atoms with Gasteiger partial charge in [0.05, 0.1) is 12.5 Å². The van der Waals surface area contributed by atoms with E-state index in [9.17, 15) is 18.4 Å². The number of carbonyl (C=O) groups is 2. The number of halogens is 2. The number of benzene rings is 1. The molecule has 2 amide bonds. The lowest BCUT2D eigenvalue weighted by molar-refractivity contribution is -0.120. The van der Waals surface area contributed by atoms with Gasteiger partial charge in [0.2, 0.25) is 5.91 Å². The number of anilines is 1. The molecule has 1 fully saturated rings. The highest BCUT2D eigenvalue weighted by atomic mass is 19.1. The Kier molecular flexibility index (Phi) is 6.36. The molecule has 3 heterocycles. The van der Waals surface area contributed by atoms with Gasteiger partial charge in [-0.2, -0.15) is 0 Å². The van der Waals surface area contributed by atoms with Gasteiger partial charge in [0, 0.05) is 30.4 Å². The van der Waals surface area contributed by atoms with Crippen LogP contribution < -0.4 is 10.1 Å². The monoisotopic (exact) mass is 457 g/mol. The Balaban J connectivity index is 1.52. The average molecular weight is 458 g/mol. The third-order valence-electron chi connectivity index (χ3n) is 6.97. The summed E-state index contributed by atoms with van der Waals surface area (Å²) in [5.74, 6) is -1.90. The number of rotatable bonds is 6. The van der Waals surface area contributed by atoms with E-state index in [1.807, 2.05) is 13.0 Å². The van der Waals surface area contributed by atoms with Gasteiger partial charge >= 0.3 is 0 Å². The molecular formula is C25H29F2N3O3. The number of piperidine rings is 1. The summed E-state index contributed by atoms with van der Waals surface area (Å²) in [6.07, 6.45) is 5.82. The topological polar surface area (TPSA) is 71.5 Å². The van der Waals surface area contributed by atoms with E-state index in [1.165, 1.54) is 7.11 Å². The van der Waals surface area contributed by atoms with Crippen LogP contribution in [0.1, 0.15) is 73.4 Å². The Morgan fingerprint density at radius 3 is 2.55 bits per heavy atom. The molecule has 1 N–H and O–H groups in total. The van der Waals surface area contributed by atoms with Gasteiger partial charge in [-0.1, -0.05) is 19.8 Å². The maximum absolute atomic E-state index is 14.1. The van der Waals surface area contributed by atoms with Crippen molar-refractivity contribution in [3.05, 3.63) is 52.7 Å². The summed E-state index contributed by atoms with van der Waals surface area (Å²) in [4.78, 5) is 31.7. The van der Waals surface area contributed by atoms with Gasteiger partial charge < -0.3 is 15.0 Å². The Labute approximate surface area is 192 Å². The van der Waals surface area contributed by atoms with Gasteiger partial charge in [0.15, 0.2) is 17.4 Å². The van der Waals surface area contributed by atoms with Crippen molar-refractivity contribution in [3.63, 3.8) is 0 Å². The highest BCUT2D eigenvalue weighted by Gasteiger charge is 2.45. The van der Waals surface area contributed by atoms with Crippen molar-refractivity contribution in [3.8, 4) is 5.75 Å². The van der Waals surface area contributed by atoms with E-state index in [-0.39, 0.29) is 17.4 Å². The lowest BCUT2D eigenvalue weighted by Crippen LogP contribution is -2.38. The third-order valence-corrected chi connectivity index (χ3v) is 6.97. The molecule has 1 aromatic heterocycles. The van der Waals surface area contributed by atoms with Crippen LogP contribution >= 0.6 is 0 Å². The summed E-state index contributed by atoms with van der Waals surface area (Å²) in [5, 5.41) is 2.95. The van der Waals surface area contributed by atoms with Crippen LogP contribution in [-0.2, 0) is 10.2 Å². The molecule has 2 aliphatic rings. The first-order chi connectivity index (χ1) is 15.8. The Hall–Kier alpha value is -3.03. The van der Waals surface area contributed by atoms with Gasteiger partial charge in [-0.05, 0) is 55.9 Å². The van der Waals surface area contributed by atoms with Crippen molar-refractivity contribution in [2.45, 2.75) is 57.3 Å². The second-order valence-electron chi connectivity index (χ2n) is 9.05. The number of ether oxygens (including phenoxy) is 1. The average Bonchev–Trinajstić information content (AvgIpc) is 3.07. The summed E-state index contributed by atoms with van der Waals surface area (Å²) in [6, 6.07) is 4.02. The number of pyridine rings is 1. The van der Waals surface area contributed by atoms with Crippen LogP contribution in [0.25, 0.3) is 0 Å². The Morgan fingerprint density at radius 2 is 1.94 bits per heavy atom. The summed E-state index contributed by atoms with van der Waals surface area (Å²) < 4.78 is 32.8. The van der Waals surface area contributed by atoms with Crippen LogP contribution in [0.15, 0.2) is 24.4 Å². The quantitative estimate of drug-likeness (QED) is 0.677. The van der Waals surface area contributed by atoms with E-state index in [2.05, 4.69) is 17.2 Å². The number of nitrogens with zero attached hydrogens (tertiary/aromatic N) is 2. The number of likely N-dealkylation sites (tertiary alicyclic amines) is 1. The number of fused-ring (bicyclic) bond motifs is 1. The van der Waals surface area contributed by atoms with E-state index in [0.29, 0.717) is 31.7 Å². The van der Waals surface area contributed by atoms with Crippen LogP contribution in [0, 0.1) is 11.6 Å². The maximum atomic E-state index is 14.1. The highest BCUT2D eigenvalue weighted by molar-refractivity contribution is 6.05. The van der Waals surface area contributed by atoms with E-state index < -0.39 is 28.7 Å². The number of hydrogen-bond donors (Lipinski definition) is 1. The lowest BCUT2D eigenvalue weighted by atomic mass is 9.74. The zero-order valence-electron chi connectivity index (χ0n) is 19.2. The van der Waals surface area contributed by atoms with Gasteiger partial charge in [0.1, 0.15) is 5.82 Å². The standard InChI is InChI=1S/C25H29F2N3O3/c1-4-5-9-25(2)20-17(6-10-28-22(20)29-24(25)32)15-7-11-30(12-8-15)23(31)16-13-18(26)21(33-3)19(27)14-16/h6,10,13-15H,4-5,7-9,11-12H2,1-3H3,(H,28,29,32). The van der Waals surface area contributed by atoms with Gasteiger partial charge in [-0.15, -0.1) is 0 Å². The highest BCUT2D eigenvalue weighted by Crippen LogP contribution is 2.45. The summed E-state index contributed by atoms with van der Waals surface area (Å²) in [5.41, 5.74) is 1.44. The van der Waals surface area contributed by atoms with Crippen LogP contribution in [0.3, 0.4) is 0 Å². The fourth-order valence-corrected chi connectivity index (χ4v) is 5.07. The number of amides is 2. The first-order valence-electron chi connectivity index (χ1n) is 11.4. The molecule has 33 heavy (non-hydrogen) atoms. The molecule has 8 heteroatoms. The number of nitrogens with one attached hydrogen (secondary N) is 1. The fraction of sp³-hybridized carbons (Fsp3) is 0.480. The van der Waals surface area contributed by atoms with Crippen LogP contribution in [0.4, 0.5) is 14.6 Å². The Morgan fingerprint density at radius 1 is 1.27 bits per heavy atom. The molecule has 1 aromatic carbocycles. The molecule has 0 bridgehead atoms. The number of methoxy groups -OCH3 is 1. The molecule has 4 rings (SSSR count). The zero-order chi connectivity index (χ0) is 23.8. The van der Waals surface area contributed by atoms with Crippen molar-refractivity contribution < 1.29 is 23.1 Å². The molecule has 1 unspecified atom stereocenters. The van der Waals surface area contributed by atoms with Gasteiger partial charge in [0.25, 0.3) is 5.91 Å². The van der Waals surface area contributed by atoms with Crippen molar-refractivity contribution in [2.24, 2.45) is 0 Å². The molecule has 176 valence electrons. The zero-order valence-corrected chi connectivity index (χ0v) is 19.2. The molecule has 2 aromatic rings. The van der Waals surface area contributed by atoms with Crippen molar-refractivity contribution >= 4 is 17.6 Å². The van der Waals surface area contributed by atoms with E-state index in [1.54, 1.807) is 11.1 Å². The Bertz CT molecular complexity index is 1060. The predicted octanol–water partition coefficient (Wildman–Crippen LogP) is 4.79. The minimum Gasteiger partial charge on any atom is -0.491 e. The summed E-state index contributed by atoms with van der Waals surface area (Å²) >= 11 is 0. The van der Waals surface area contributed by atoms with Gasteiger partial charge in [-0.25, -0.2) is 13.8 Å². The van der Waals surface area contributed by atoms with Crippen molar-refractivity contribution in [2.75, 3.05) is 25.5 Å². The van der Waals surface area contributed by atoms with Crippen LogP contribution in [0.5, 0.6) is 5.75 Å². The number of unbranched alkanes of at least 4 members (excludes halogenated alkanes) is 1. The normalized spacial score (nSPS) is 20.5. The molecule has 2 aliphatic heterocycles. The third kappa shape index (κ3) is 4.07. The molecule has 0 radical (unpaired) electrons. The molecule has 1 atom stereocenters. The van der Waals surface area contributed by atoms with E-state index >= 15 is 0 Å². The molecule has 0 saturated carbocycles. The maximum Gasteiger partial charge on any atom is 0.254 e.